The van der Waals surface area contributed by atoms with E-state index >= 15 is 0 Å². The van der Waals surface area contributed by atoms with Crippen molar-refractivity contribution >= 4 is 23.3 Å². The molecular formula is C20H23ClN8O. The fourth-order valence-corrected chi connectivity index (χ4v) is 5.32. The number of carbonyl (C=O) groups excluding carboxylic acids is 1. The highest BCUT2D eigenvalue weighted by molar-refractivity contribution is 6.33. The zero-order chi connectivity index (χ0) is 20.9. The highest BCUT2D eigenvalue weighted by Crippen LogP contribution is 2.50. The van der Waals surface area contributed by atoms with Crippen molar-refractivity contribution < 1.29 is 4.79 Å². The van der Waals surface area contributed by atoms with E-state index < -0.39 is 0 Å². The Morgan fingerprint density at radius 2 is 2.07 bits per heavy atom. The molecule has 1 unspecified atom stereocenters. The molecule has 2 aliphatic heterocycles. The topological polar surface area (TPSA) is 93.8 Å². The molecule has 1 saturated carbocycles. The summed E-state index contributed by atoms with van der Waals surface area (Å²) in [5.41, 5.74) is 1.16. The van der Waals surface area contributed by atoms with Crippen molar-refractivity contribution in [2.75, 3.05) is 5.32 Å². The van der Waals surface area contributed by atoms with Crippen LogP contribution in [0.25, 0.3) is 11.4 Å². The summed E-state index contributed by atoms with van der Waals surface area (Å²) in [6.07, 6.45) is 8.05. The number of hydrogen-bond donors (Lipinski definition) is 1. The number of amides is 2. The lowest BCUT2D eigenvalue weighted by Gasteiger charge is -2.63. The number of nitrogens with zero attached hydrogens (tertiary/aromatic N) is 7. The molecule has 10 heteroatoms. The zero-order valence-electron chi connectivity index (χ0n) is 16.9. The van der Waals surface area contributed by atoms with Gasteiger partial charge in [-0.15, -0.1) is 10.2 Å². The smallest absolute Gasteiger partial charge is 0.318 e. The molecule has 4 heterocycles. The number of carbonyl (C=O) groups is 1. The second kappa shape index (κ2) is 7.09. The Balaban J connectivity index is 1.38. The lowest BCUT2D eigenvalue weighted by atomic mass is 9.64. The van der Waals surface area contributed by atoms with Gasteiger partial charge in [0.15, 0.2) is 5.82 Å². The van der Waals surface area contributed by atoms with Gasteiger partial charge in [0.1, 0.15) is 19.0 Å². The van der Waals surface area contributed by atoms with E-state index in [9.17, 15) is 4.79 Å². The number of halogens is 1. The molecule has 2 bridgehead atoms. The van der Waals surface area contributed by atoms with Gasteiger partial charge in [-0.25, -0.2) is 9.78 Å². The van der Waals surface area contributed by atoms with Crippen LogP contribution in [-0.2, 0) is 13.6 Å². The minimum atomic E-state index is -0.202. The molecule has 3 aliphatic rings. The lowest BCUT2D eigenvalue weighted by Crippen LogP contribution is -2.73. The Hall–Kier alpha value is -2.94. The molecule has 3 fully saturated rings. The molecule has 2 saturated heterocycles. The number of piperidine rings is 1. The largest absolute Gasteiger partial charge is 0.322 e. The molecular weight excluding hydrogens is 404 g/mol. The summed E-state index contributed by atoms with van der Waals surface area (Å²) in [4.78, 5) is 19.6. The van der Waals surface area contributed by atoms with Crippen LogP contribution < -0.4 is 5.32 Å². The van der Waals surface area contributed by atoms with Crippen molar-refractivity contribution in [3.63, 3.8) is 0 Å². The monoisotopic (exact) mass is 426 g/mol. The third-order valence-corrected chi connectivity index (χ3v) is 6.44. The quantitative estimate of drug-likeness (QED) is 0.691. The predicted molar refractivity (Wildman–Crippen MR) is 112 cm³/mol. The fraction of sp³-hybridized carbons (Fsp3) is 0.450. The van der Waals surface area contributed by atoms with Gasteiger partial charge < -0.3 is 14.8 Å². The summed E-state index contributed by atoms with van der Waals surface area (Å²) in [7, 11) is 1.80. The van der Waals surface area contributed by atoms with E-state index in [2.05, 4.69) is 32.5 Å². The number of benzene rings is 1. The number of fused-ring (bicyclic) bond motifs is 2. The first-order valence-electron chi connectivity index (χ1n) is 10.0. The van der Waals surface area contributed by atoms with Crippen LogP contribution in [0, 0.1) is 5.92 Å². The number of urea groups is 1. The second-order valence-electron chi connectivity index (χ2n) is 8.50. The highest BCUT2D eigenvalue weighted by atomic mass is 35.5. The normalized spacial score (nSPS) is 25.1. The maximum Gasteiger partial charge on any atom is 0.322 e. The van der Waals surface area contributed by atoms with E-state index in [1.54, 1.807) is 42.8 Å². The maximum atomic E-state index is 13.3. The number of hydrogen-bond acceptors (Lipinski definition) is 5. The third kappa shape index (κ3) is 3.23. The van der Waals surface area contributed by atoms with E-state index in [4.69, 9.17) is 11.6 Å². The van der Waals surface area contributed by atoms with Crippen LogP contribution >= 0.6 is 11.6 Å². The molecule has 30 heavy (non-hydrogen) atoms. The molecule has 6 rings (SSSR count). The molecule has 0 spiro atoms. The summed E-state index contributed by atoms with van der Waals surface area (Å²) in [6.45, 7) is 2.96. The van der Waals surface area contributed by atoms with Gasteiger partial charge in [0.25, 0.3) is 0 Å². The van der Waals surface area contributed by atoms with Gasteiger partial charge in [0.05, 0.1) is 10.6 Å². The predicted octanol–water partition coefficient (Wildman–Crippen LogP) is 3.20. The minimum Gasteiger partial charge on any atom is -0.318 e. The lowest BCUT2D eigenvalue weighted by molar-refractivity contribution is -0.0988. The molecule has 0 radical (unpaired) electrons. The van der Waals surface area contributed by atoms with Crippen molar-refractivity contribution in [3.05, 3.63) is 42.2 Å². The van der Waals surface area contributed by atoms with Gasteiger partial charge in [-0.3, -0.25) is 4.68 Å². The number of aromatic nitrogens is 6. The number of anilines is 1. The van der Waals surface area contributed by atoms with Crippen molar-refractivity contribution in [1.29, 1.82) is 0 Å². The van der Waals surface area contributed by atoms with Crippen LogP contribution in [0.4, 0.5) is 10.5 Å². The molecule has 156 valence electrons. The molecule has 1 aliphatic carbocycles. The number of nitrogens with one attached hydrogen (secondary N) is 1. The standard InChI is InChI=1S/C20H23ClN8O/c1-13-5-15-8-20(7-13,9-28-11-23-24-12-28)29(15)19(30)25-14-3-4-17(21)16(6-14)18-22-10-27(2)26-18/h3-4,6,10-13,15H,5,7-9H2,1-2H3,(H,25,30)/t13-,15-,20?/m1/s1. The maximum absolute atomic E-state index is 13.3. The van der Waals surface area contributed by atoms with Crippen LogP contribution in [0.5, 0.6) is 0 Å². The van der Waals surface area contributed by atoms with Crippen LogP contribution in [0.1, 0.15) is 26.2 Å². The van der Waals surface area contributed by atoms with Gasteiger partial charge in [-0.05, 0) is 43.4 Å². The van der Waals surface area contributed by atoms with E-state index in [0.29, 0.717) is 34.6 Å². The van der Waals surface area contributed by atoms with Crippen molar-refractivity contribution in [2.45, 2.75) is 44.3 Å². The number of rotatable bonds is 4. The zero-order valence-corrected chi connectivity index (χ0v) is 17.6. The van der Waals surface area contributed by atoms with Gasteiger partial charge in [0.2, 0.25) is 0 Å². The van der Waals surface area contributed by atoms with Gasteiger partial charge in [0, 0.05) is 30.9 Å². The first-order chi connectivity index (χ1) is 14.4. The molecule has 9 nitrogen and oxygen atoms in total. The Morgan fingerprint density at radius 3 is 2.80 bits per heavy atom. The molecule has 3 aromatic rings. The van der Waals surface area contributed by atoms with E-state index in [0.717, 1.165) is 19.3 Å². The SMILES string of the molecule is C[C@@H]1C[C@@H]2CC(Cn3cnnc3)(C1)N2C(=O)Nc1ccc(Cl)c(-c2ncn(C)n2)c1. The Morgan fingerprint density at radius 1 is 1.27 bits per heavy atom. The number of aryl methyl sites for hydroxylation is 1. The van der Waals surface area contributed by atoms with E-state index in [1.807, 2.05) is 15.5 Å². The van der Waals surface area contributed by atoms with Crippen molar-refractivity contribution in [2.24, 2.45) is 13.0 Å². The minimum absolute atomic E-state index is 0.0894. The Bertz CT molecular complexity index is 1080. The molecule has 3 atom stereocenters. The van der Waals surface area contributed by atoms with E-state index in [1.165, 1.54) is 0 Å². The van der Waals surface area contributed by atoms with Crippen LogP contribution in [0.3, 0.4) is 0 Å². The summed E-state index contributed by atoms with van der Waals surface area (Å²) in [5.74, 6) is 1.11. The Labute approximate surface area is 179 Å². The van der Waals surface area contributed by atoms with Crippen molar-refractivity contribution in [3.8, 4) is 11.4 Å². The molecule has 1 N–H and O–H groups in total. The first kappa shape index (κ1) is 19.0. The third-order valence-electron chi connectivity index (χ3n) is 6.12. The Kier molecular flexibility index (Phi) is 4.50. The average molecular weight is 427 g/mol. The van der Waals surface area contributed by atoms with Gasteiger partial charge >= 0.3 is 6.03 Å². The summed E-state index contributed by atoms with van der Waals surface area (Å²) < 4.78 is 3.58. The van der Waals surface area contributed by atoms with Gasteiger partial charge in [-0.2, -0.15) is 5.10 Å². The molecule has 1 aromatic carbocycles. The van der Waals surface area contributed by atoms with Crippen molar-refractivity contribution in [1.82, 2.24) is 34.4 Å². The summed E-state index contributed by atoms with van der Waals surface area (Å²) in [5, 5.41) is 15.7. The average Bonchev–Trinajstić information content (AvgIpc) is 3.34. The fourth-order valence-electron chi connectivity index (χ4n) is 5.12. The van der Waals surface area contributed by atoms with E-state index in [-0.39, 0.29) is 17.6 Å². The van der Waals surface area contributed by atoms with Crippen LogP contribution in [-0.4, -0.2) is 52.0 Å². The summed E-state index contributed by atoms with van der Waals surface area (Å²) in [6, 6.07) is 5.55. The first-order valence-corrected chi connectivity index (χ1v) is 10.4. The highest BCUT2D eigenvalue weighted by Gasteiger charge is 2.58. The molecule has 2 aromatic heterocycles. The second-order valence-corrected chi connectivity index (χ2v) is 8.91. The summed E-state index contributed by atoms with van der Waals surface area (Å²) >= 11 is 6.35. The van der Waals surface area contributed by atoms with Crippen LogP contribution in [0.2, 0.25) is 5.02 Å². The molecule has 2 amide bonds. The van der Waals surface area contributed by atoms with Gasteiger partial charge in [-0.1, -0.05) is 18.5 Å². The van der Waals surface area contributed by atoms with Crippen LogP contribution in [0.15, 0.2) is 37.2 Å².